The lowest BCUT2D eigenvalue weighted by Gasteiger charge is -2.41. The zero-order chi connectivity index (χ0) is 10.6. The van der Waals surface area contributed by atoms with Crippen molar-refractivity contribution in [1.29, 1.82) is 0 Å². The van der Waals surface area contributed by atoms with Gasteiger partial charge in [0, 0.05) is 25.7 Å². The zero-order valence-electron chi connectivity index (χ0n) is 9.75. The summed E-state index contributed by atoms with van der Waals surface area (Å²) in [6.45, 7) is 4.80. The quantitative estimate of drug-likeness (QED) is 0.668. The Labute approximate surface area is 87.6 Å². The minimum atomic E-state index is 0.235. The molecule has 3 heteroatoms. The van der Waals surface area contributed by atoms with E-state index in [-0.39, 0.29) is 5.54 Å². The minimum Gasteiger partial charge on any atom is -0.383 e. The first-order valence-corrected chi connectivity index (χ1v) is 5.61. The molecule has 1 unspecified atom stereocenters. The van der Waals surface area contributed by atoms with Gasteiger partial charge < -0.3 is 10.5 Å². The van der Waals surface area contributed by atoms with Crippen LogP contribution in [0.5, 0.6) is 0 Å². The van der Waals surface area contributed by atoms with Gasteiger partial charge in [-0.1, -0.05) is 6.92 Å². The molecule has 0 radical (unpaired) electrons. The van der Waals surface area contributed by atoms with Gasteiger partial charge in [-0.3, -0.25) is 4.90 Å². The van der Waals surface area contributed by atoms with E-state index in [9.17, 15) is 0 Å². The molecule has 1 rings (SSSR count). The fraction of sp³-hybridized carbons (Fsp3) is 1.00. The first-order valence-electron chi connectivity index (χ1n) is 5.61. The number of hydrogen-bond acceptors (Lipinski definition) is 3. The fourth-order valence-electron chi connectivity index (χ4n) is 2.41. The summed E-state index contributed by atoms with van der Waals surface area (Å²) in [7, 11) is 3.93. The average molecular weight is 200 g/mol. The lowest BCUT2D eigenvalue weighted by Crippen LogP contribution is -2.54. The van der Waals surface area contributed by atoms with Crippen molar-refractivity contribution in [2.24, 2.45) is 11.7 Å². The normalized spacial score (nSPS) is 21.2. The molecule has 1 aliphatic carbocycles. The number of nitrogens with zero attached hydrogens (tertiary/aromatic N) is 1. The van der Waals surface area contributed by atoms with Crippen LogP contribution in [-0.4, -0.2) is 44.3 Å². The van der Waals surface area contributed by atoms with Gasteiger partial charge in [0.15, 0.2) is 0 Å². The second-order valence-electron chi connectivity index (χ2n) is 4.35. The van der Waals surface area contributed by atoms with Crippen LogP contribution in [0.2, 0.25) is 0 Å². The molecule has 0 spiro atoms. The third-order valence-corrected chi connectivity index (χ3v) is 3.69. The van der Waals surface area contributed by atoms with Gasteiger partial charge in [0.1, 0.15) is 0 Å². The fourth-order valence-corrected chi connectivity index (χ4v) is 2.41. The van der Waals surface area contributed by atoms with Crippen molar-refractivity contribution < 1.29 is 4.74 Å². The van der Waals surface area contributed by atoms with Crippen molar-refractivity contribution in [3.8, 4) is 0 Å². The predicted molar refractivity (Wildman–Crippen MR) is 59.3 cm³/mol. The third kappa shape index (κ3) is 2.27. The Bertz CT molecular complexity index is 165. The Kier molecular flexibility index (Phi) is 4.35. The largest absolute Gasteiger partial charge is 0.383 e. The Hall–Kier alpha value is -0.120. The summed E-state index contributed by atoms with van der Waals surface area (Å²) < 4.78 is 5.11. The highest BCUT2D eigenvalue weighted by atomic mass is 16.5. The van der Waals surface area contributed by atoms with E-state index in [1.807, 2.05) is 0 Å². The van der Waals surface area contributed by atoms with Crippen molar-refractivity contribution in [3.05, 3.63) is 0 Å². The van der Waals surface area contributed by atoms with Crippen molar-refractivity contribution in [2.75, 3.05) is 33.9 Å². The molecule has 3 nitrogen and oxygen atoms in total. The summed E-state index contributed by atoms with van der Waals surface area (Å²) >= 11 is 0. The first-order chi connectivity index (χ1) is 6.71. The first kappa shape index (κ1) is 12.0. The van der Waals surface area contributed by atoms with E-state index in [0.717, 1.165) is 32.0 Å². The molecule has 0 aromatic carbocycles. The van der Waals surface area contributed by atoms with Crippen molar-refractivity contribution in [3.63, 3.8) is 0 Å². The molecule has 14 heavy (non-hydrogen) atoms. The smallest absolute Gasteiger partial charge is 0.0589 e. The molecule has 84 valence electrons. The maximum atomic E-state index is 5.95. The Balaban J connectivity index is 2.55. The molecule has 0 bridgehead atoms. The lowest BCUT2D eigenvalue weighted by molar-refractivity contribution is 0.0641. The minimum absolute atomic E-state index is 0.235. The number of nitrogens with two attached hydrogens (primary N) is 1. The molecule has 1 aliphatic rings. The van der Waals surface area contributed by atoms with Gasteiger partial charge in [-0.2, -0.15) is 0 Å². The maximum absolute atomic E-state index is 5.95. The highest BCUT2D eigenvalue weighted by molar-refractivity contribution is 5.01. The molecule has 1 fully saturated rings. The topological polar surface area (TPSA) is 38.5 Å². The highest BCUT2D eigenvalue weighted by Crippen LogP contribution is 2.44. The SMILES string of the molecule is CCC(CN)(C1CC1)N(C)CCOC. The molecule has 0 aromatic heterocycles. The molecule has 0 amide bonds. The standard InChI is InChI=1S/C11H24N2O/c1-4-11(9-12,10-5-6-10)13(2)7-8-14-3/h10H,4-9,12H2,1-3H3. The lowest BCUT2D eigenvalue weighted by atomic mass is 9.88. The molecule has 0 heterocycles. The second kappa shape index (κ2) is 5.10. The van der Waals surface area contributed by atoms with Crippen LogP contribution in [0.15, 0.2) is 0 Å². The van der Waals surface area contributed by atoms with Crippen molar-refractivity contribution in [2.45, 2.75) is 31.7 Å². The van der Waals surface area contributed by atoms with Gasteiger partial charge in [-0.25, -0.2) is 0 Å². The summed E-state index contributed by atoms with van der Waals surface area (Å²) in [6, 6.07) is 0. The molecule has 0 aromatic rings. The molecule has 0 aliphatic heterocycles. The van der Waals surface area contributed by atoms with Crippen LogP contribution in [0.4, 0.5) is 0 Å². The summed E-state index contributed by atoms with van der Waals surface area (Å²) in [5, 5.41) is 0. The van der Waals surface area contributed by atoms with Crippen LogP contribution >= 0.6 is 0 Å². The van der Waals surface area contributed by atoms with Crippen LogP contribution in [0, 0.1) is 5.92 Å². The van der Waals surface area contributed by atoms with Gasteiger partial charge >= 0.3 is 0 Å². The van der Waals surface area contributed by atoms with Crippen LogP contribution in [0.3, 0.4) is 0 Å². The monoisotopic (exact) mass is 200 g/mol. The Morgan fingerprint density at radius 1 is 1.50 bits per heavy atom. The van der Waals surface area contributed by atoms with Crippen LogP contribution in [0.25, 0.3) is 0 Å². The number of hydrogen-bond donors (Lipinski definition) is 1. The van der Waals surface area contributed by atoms with E-state index in [4.69, 9.17) is 10.5 Å². The molecule has 2 N–H and O–H groups in total. The van der Waals surface area contributed by atoms with E-state index < -0.39 is 0 Å². The van der Waals surface area contributed by atoms with Gasteiger partial charge in [0.05, 0.1) is 6.61 Å². The molecule has 1 saturated carbocycles. The van der Waals surface area contributed by atoms with E-state index in [1.165, 1.54) is 12.8 Å². The molecule has 0 saturated heterocycles. The second-order valence-corrected chi connectivity index (χ2v) is 4.35. The molecule has 1 atom stereocenters. The van der Waals surface area contributed by atoms with Crippen LogP contribution in [0.1, 0.15) is 26.2 Å². The predicted octanol–water partition coefficient (Wildman–Crippen LogP) is 1.08. The van der Waals surface area contributed by atoms with E-state index in [0.29, 0.717) is 0 Å². The Morgan fingerprint density at radius 3 is 2.50 bits per heavy atom. The molecular formula is C11H24N2O. The van der Waals surface area contributed by atoms with Gasteiger partial charge in [-0.15, -0.1) is 0 Å². The van der Waals surface area contributed by atoms with Crippen LogP contribution in [-0.2, 0) is 4.74 Å². The average Bonchev–Trinajstić information content (AvgIpc) is 3.02. The van der Waals surface area contributed by atoms with Gasteiger partial charge in [0.25, 0.3) is 0 Å². The highest BCUT2D eigenvalue weighted by Gasteiger charge is 2.45. The van der Waals surface area contributed by atoms with E-state index >= 15 is 0 Å². The van der Waals surface area contributed by atoms with Gasteiger partial charge in [-0.05, 0) is 32.2 Å². The number of likely N-dealkylation sites (N-methyl/N-ethyl adjacent to an activating group) is 1. The summed E-state index contributed by atoms with van der Waals surface area (Å²) in [5.74, 6) is 0.819. The van der Waals surface area contributed by atoms with Crippen LogP contribution < -0.4 is 5.73 Å². The number of ether oxygens (including phenoxy) is 1. The van der Waals surface area contributed by atoms with Crippen molar-refractivity contribution >= 4 is 0 Å². The molecular weight excluding hydrogens is 176 g/mol. The van der Waals surface area contributed by atoms with E-state index in [1.54, 1.807) is 7.11 Å². The Morgan fingerprint density at radius 2 is 2.14 bits per heavy atom. The zero-order valence-corrected chi connectivity index (χ0v) is 9.75. The van der Waals surface area contributed by atoms with Crippen molar-refractivity contribution in [1.82, 2.24) is 4.90 Å². The van der Waals surface area contributed by atoms with Gasteiger partial charge in [0.2, 0.25) is 0 Å². The number of methoxy groups -OCH3 is 1. The number of rotatable bonds is 7. The third-order valence-electron chi connectivity index (χ3n) is 3.69. The summed E-state index contributed by atoms with van der Waals surface area (Å²) in [6.07, 6.45) is 3.85. The summed E-state index contributed by atoms with van der Waals surface area (Å²) in [5.41, 5.74) is 6.18. The van der Waals surface area contributed by atoms with E-state index in [2.05, 4.69) is 18.9 Å². The maximum Gasteiger partial charge on any atom is 0.0589 e. The summed E-state index contributed by atoms with van der Waals surface area (Å²) in [4.78, 5) is 2.40.